The lowest BCUT2D eigenvalue weighted by molar-refractivity contribution is 0.0939. The fourth-order valence-electron chi connectivity index (χ4n) is 3.73. The average molecular weight is 434 g/mol. The van der Waals surface area contributed by atoms with Crippen LogP contribution in [-0.4, -0.2) is 35.7 Å². The maximum atomic E-state index is 12.6. The van der Waals surface area contributed by atoms with Gasteiger partial charge in [-0.1, -0.05) is 42.5 Å². The number of aromatic hydroxyl groups is 1. The number of para-hydroxylation sites is 1. The number of pyridine rings is 1. The van der Waals surface area contributed by atoms with E-state index in [9.17, 15) is 19.5 Å². The van der Waals surface area contributed by atoms with Crippen LogP contribution in [0.15, 0.2) is 59.5 Å². The number of benzene rings is 2. The number of nitrogens with zero attached hydrogens (tertiary/aromatic N) is 1. The predicted octanol–water partition coefficient (Wildman–Crippen LogP) is 1.50. The Hall–Kier alpha value is -4.27. The summed E-state index contributed by atoms with van der Waals surface area (Å²) in [4.78, 5) is 37.4. The van der Waals surface area contributed by atoms with Gasteiger partial charge < -0.3 is 25.9 Å². The van der Waals surface area contributed by atoms with Gasteiger partial charge in [0.05, 0.1) is 6.04 Å². The van der Waals surface area contributed by atoms with Gasteiger partial charge in [0, 0.05) is 25.9 Å². The van der Waals surface area contributed by atoms with E-state index in [1.807, 2.05) is 48.5 Å². The van der Waals surface area contributed by atoms with Crippen molar-refractivity contribution >= 4 is 11.8 Å². The molecule has 2 amide bonds. The Kier molecular flexibility index (Phi) is 5.55. The van der Waals surface area contributed by atoms with Crippen LogP contribution in [0.25, 0.3) is 0 Å². The minimum Gasteiger partial charge on any atom is -0.502 e. The zero-order valence-electron chi connectivity index (χ0n) is 17.5. The van der Waals surface area contributed by atoms with Gasteiger partial charge in [0.1, 0.15) is 17.9 Å². The van der Waals surface area contributed by atoms with Gasteiger partial charge in [-0.3, -0.25) is 19.1 Å². The van der Waals surface area contributed by atoms with Gasteiger partial charge in [0.2, 0.25) is 5.43 Å². The lowest BCUT2D eigenvalue weighted by Crippen LogP contribution is -2.35. The highest BCUT2D eigenvalue weighted by molar-refractivity contribution is 5.98. The second kappa shape index (κ2) is 8.46. The molecule has 9 heteroatoms. The zero-order chi connectivity index (χ0) is 22.8. The number of ether oxygens (including phenoxy) is 1. The molecule has 2 aromatic carbocycles. The molecular formula is C23H22N4O5. The number of rotatable bonds is 4. The van der Waals surface area contributed by atoms with E-state index in [1.165, 1.54) is 25.0 Å². The van der Waals surface area contributed by atoms with Crippen molar-refractivity contribution in [2.75, 3.05) is 19.5 Å². The van der Waals surface area contributed by atoms with Gasteiger partial charge in [-0.25, -0.2) is 0 Å². The molecule has 4 N–H and O–H groups in total. The molecule has 0 saturated carbocycles. The number of amides is 2. The minimum atomic E-state index is -0.939. The molecule has 0 saturated heterocycles. The van der Waals surface area contributed by atoms with Crippen molar-refractivity contribution in [3.63, 3.8) is 0 Å². The van der Waals surface area contributed by atoms with E-state index in [4.69, 9.17) is 4.74 Å². The van der Waals surface area contributed by atoms with Crippen LogP contribution in [0.4, 0.5) is 0 Å². The highest BCUT2D eigenvalue weighted by Gasteiger charge is 2.28. The third-order valence-electron chi connectivity index (χ3n) is 5.34. The van der Waals surface area contributed by atoms with Gasteiger partial charge in [-0.2, -0.15) is 0 Å². The molecule has 1 aliphatic rings. The second-order valence-electron chi connectivity index (χ2n) is 7.18. The molecule has 1 aliphatic heterocycles. The summed E-state index contributed by atoms with van der Waals surface area (Å²) in [5.41, 5.74) is 4.25. The number of aromatic nitrogens is 1. The van der Waals surface area contributed by atoms with E-state index >= 15 is 0 Å². The first-order chi connectivity index (χ1) is 15.5. The van der Waals surface area contributed by atoms with Crippen LogP contribution in [0.5, 0.6) is 11.5 Å². The summed E-state index contributed by atoms with van der Waals surface area (Å²) in [7, 11) is 2.76. The Morgan fingerprint density at radius 1 is 1.00 bits per heavy atom. The third-order valence-corrected chi connectivity index (χ3v) is 5.34. The van der Waals surface area contributed by atoms with Crippen LogP contribution in [0.2, 0.25) is 0 Å². The molecule has 164 valence electrons. The number of hydrogen-bond acceptors (Lipinski definition) is 6. The van der Waals surface area contributed by atoms with E-state index in [0.717, 1.165) is 16.7 Å². The summed E-state index contributed by atoms with van der Waals surface area (Å²) in [5.74, 6) is -1.56. The topological polar surface area (TPSA) is 122 Å². The van der Waals surface area contributed by atoms with Crippen molar-refractivity contribution in [1.82, 2.24) is 15.3 Å². The highest BCUT2D eigenvalue weighted by Crippen LogP contribution is 2.36. The Bertz CT molecular complexity index is 1220. The molecule has 0 bridgehead atoms. The normalized spacial score (nSPS) is 14.2. The Morgan fingerprint density at radius 2 is 1.66 bits per heavy atom. The maximum absolute atomic E-state index is 12.6. The maximum Gasteiger partial charge on any atom is 0.273 e. The van der Waals surface area contributed by atoms with E-state index in [2.05, 4.69) is 16.1 Å². The summed E-state index contributed by atoms with van der Waals surface area (Å²) < 4.78 is 7.18. The van der Waals surface area contributed by atoms with Crippen molar-refractivity contribution in [1.29, 1.82) is 0 Å². The van der Waals surface area contributed by atoms with Crippen molar-refractivity contribution < 1.29 is 19.4 Å². The molecule has 0 spiro atoms. The number of carbonyl (C=O) groups excluding carboxylic acids is 2. The van der Waals surface area contributed by atoms with Gasteiger partial charge in [0.25, 0.3) is 11.8 Å². The van der Waals surface area contributed by atoms with Gasteiger partial charge in [0.15, 0.2) is 11.4 Å². The first kappa shape index (κ1) is 21.0. The van der Waals surface area contributed by atoms with E-state index in [1.54, 1.807) is 0 Å². The molecule has 1 atom stereocenters. The molecular weight excluding hydrogens is 412 g/mol. The molecule has 1 aromatic heterocycles. The van der Waals surface area contributed by atoms with Crippen molar-refractivity contribution in [3.8, 4) is 11.5 Å². The second-order valence-corrected chi connectivity index (χ2v) is 7.18. The SMILES string of the molecule is CNC(=O)c1cn(NC2c3ccccc3COc3ccccc32)c(C(=O)NC)c(O)c1=O. The summed E-state index contributed by atoms with van der Waals surface area (Å²) in [6, 6.07) is 14.6. The van der Waals surface area contributed by atoms with E-state index in [0.29, 0.717) is 12.4 Å². The third kappa shape index (κ3) is 3.53. The lowest BCUT2D eigenvalue weighted by atomic mass is 9.95. The van der Waals surface area contributed by atoms with Crippen LogP contribution in [0, 0.1) is 0 Å². The van der Waals surface area contributed by atoms with Crippen molar-refractivity contribution in [2.24, 2.45) is 0 Å². The quantitative estimate of drug-likeness (QED) is 0.494. The fourth-order valence-corrected chi connectivity index (χ4v) is 3.73. The molecule has 0 aliphatic carbocycles. The van der Waals surface area contributed by atoms with Crippen LogP contribution in [0.3, 0.4) is 0 Å². The number of fused-ring (bicyclic) bond motifs is 2. The van der Waals surface area contributed by atoms with E-state index < -0.39 is 29.0 Å². The Balaban J connectivity index is 1.94. The zero-order valence-corrected chi connectivity index (χ0v) is 17.5. The number of nitrogens with one attached hydrogen (secondary N) is 3. The summed E-state index contributed by atoms with van der Waals surface area (Å²) in [6.07, 6.45) is 1.21. The monoisotopic (exact) mass is 434 g/mol. The predicted molar refractivity (Wildman–Crippen MR) is 118 cm³/mol. The van der Waals surface area contributed by atoms with Crippen LogP contribution >= 0.6 is 0 Å². The molecule has 0 radical (unpaired) electrons. The van der Waals surface area contributed by atoms with E-state index in [-0.39, 0.29) is 11.3 Å². The summed E-state index contributed by atoms with van der Waals surface area (Å²) in [6.45, 7) is 0.354. The summed E-state index contributed by atoms with van der Waals surface area (Å²) in [5, 5.41) is 15.3. The number of carbonyl (C=O) groups is 2. The molecule has 2 heterocycles. The molecule has 9 nitrogen and oxygen atoms in total. The first-order valence-electron chi connectivity index (χ1n) is 9.95. The lowest BCUT2D eigenvalue weighted by Gasteiger charge is -2.25. The fraction of sp³-hybridized carbons (Fsp3) is 0.174. The Labute approximate surface area is 183 Å². The highest BCUT2D eigenvalue weighted by atomic mass is 16.5. The van der Waals surface area contributed by atoms with Crippen LogP contribution < -0.4 is 26.2 Å². The molecule has 0 fully saturated rings. The Morgan fingerprint density at radius 3 is 2.38 bits per heavy atom. The van der Waals surface area contributed by atoms with Crippen molar-refractivity contribution in [3.05, 3.63) is 92.9 Å². The van der Waals surface area contributed by atoms with Gasteiger partial charge >= 0.3 is 0 Å². The molecule has 4 rings (SSSR count). The number of hydrogen-bond donors (Lipinski definition) is 4. The van der Waals surface area contributed by atoms with Crippen LogP contribution in [0.1, 0.15) is 43.6 Å². The first-order valence-corrected chi connectivity index (χ1v) is 9.95. The van der Waals surface area contributed by atoms with Crippen LogP contribution in [-0.2, 0) is 6.61 Å². The van der Waals surface area contributed by atoms with Crippen molar-refractivity contribution in [2.45, 2.75) is 12.6 Å². The largest absolute Gasteiger partial charge is 0.502 e. The molecule has 32 heavy (non-hydrogen) atoms. The standard InChI is InChI=1S/C23H22N4O5/c1-24-22(30)16-11-27(19(23(31)25-2)21(29)20(16)28)26-18-14-8-4-3-7-13(14)12-32-17-10-6-5-9-15(17)18/h3-11,18,26,29H,12H2,1-2H3,(H,24,30)(H,25,31). The molecule has 1 unspecified atom stereocenters. The average Bonchev–Trinajstić information content (AvgIpc) is 2.98. The molecule has 3 aromatic rings. The smallest absolute Gasteiger partial charge is 0.273 e. The summed E-state index contributed by atoms with van der Waals surface area (Å²) >= 11 is 0. The van der Waals surface area contributed by atoms with Gasteiger partial charge in [-0.05, 0) is 17.2 Å². The van der Waals surface area contributed by atoms with Gasteiger partial charge in [-0.15, -0.1) is 0 Å². The minimum absolute atomic E-state index is 0.309.